The summed E-state index contributed by atoms with van der Waals surface area (Å²) in [5.41, 5.74) is -4.26. The Morgan fingerprint density at radius 3 is 2.28 bits per heavy atom. The molecule has 0 radical (unpaired) electrons. The van der Waals surface area contributed by atoms with Gasteiger partial charge in [0.1, 0.15) is 11.3 Å². The third-order valence-electron chi connectivity index (χ3n) is 6.39. The van der Waals surface area contributed by atoms with E-state index in [4.69, 9.17) is 4.74 Å². The molecule has 1 aliphatic rings. The van der Waals surface area contributed by atoms with E-state index in [-0.39, 0.29) is 40.4 Å². The summed E-state index contributed by atoms with van der Waals surface area (Å²) in [6.07, 6.45) is 2.89. The number of carbonyl (C=O) groups is 3. The summed E-state index contributed by atoms with van der Waals surface area (Å²) >= 11 is -0.284. The van der Waals surface area contributed by atoms with E-state index in [1.165, 1.54) is 46.5 Å². The number of thioether (sulfide) groups is 1. The van der Waals surface area contributed by atoms with E-state index in [0.717, 1.165) is 4.90 Å². The third-order valence-corrected chi connectivity index (χ3v) is 7.13. The van der Waals surface area contributed by atoms with Crippen LogP contribution in [0.4, 0.5) is 29.3 Å². The molecule has 0 saturated carbocycles. The van der Waals surface area contributed by atoms with Crippen LogP contribution in [0.25, 0.3) is 0 Å². The number of hydrogen-bond donors (Lipinski definition) is 0. The lowest BCUT2D eigenvalue weighted by molar-refractivity contribution is -0.123. The zero-order valence-electron chi connectivity index (χ0n) is 21.5. The molecular weight excluding hydrogens is 533 g/mol. The van der Waals surface area contributed by atoms with Crippen LogP contribution in [0.1, 0.15) is 29.8 Å². The van der Waals surface area contributed by atoms with Gasteiger partial charge in [0.05, 0.1) is 18.4 Å². The molecule has 1 aromatic heterocycles. The molecule has 0 N–H and O–H groups in total. The largest absolute Gasteiger partial charge is 0.497 e. The molecule has 8 nitrogen and oxygen atoms in total. The molecule has 0 unspecified atom stereocenters. The van der Waals surface area contributed by atoms with Crippen LogP contribution in [0.15, 0.2) is 71.9 Å². The number of amides is 4. The molecule has 2 aromatic carbocycles. The van der Waals surface area contributed by atoms with E-state index < -0.39 is 23.0 Å². The number of imide groups is 1. The summed E-state index contributed by atoms with van der Waals surface area (Å²) in [7, 11) is 3.15. The van der Waals surface area contributed by atoms with Crippen LogP contribution in [-0.4, -0.2) is 52.9 Å². The molecule has 2 heterocycles. The predicted octanol–water partition coefficient (Wildman–Crippen LogP) is 5.73. The lowest BCUT2D eigenvalue weighted by Gasteiger charge is -2.28. The summed E-state index contributed by atoms with van der Waals surface area (Å²) in [4.78, 5) is 47.9. The van der Waals surface area contributed by atoms with Gasteiger partial charge in [0.15, 0.2) is 0 Å². The van der Waals surface area contributed by atoms with Gasteiger partial charge in [-0.3, -0.25) is 14.6 Å². The van der Waals surface area contributed by atoms with Gasteiger partial charge in [0, 0.05) is 36.6 Å². The van der Waals surface area contributed by atoms with Crippen molar-refractivity contribution < 1.29 is 32.3 Å². The molecular formula is C27H25F3N4O4S. The van der Waals surface area contributed by atoms with E-state index >= 15 is 0 Å². The number of alkyl halides is 3. The number of carbonyl (C=O) groups excluding carboxylic acids is 3. The number of rotatable bonds is 7. The normalized spacial score (nSPS) is 15.1. The molecule has 204 valence electrons. The zero-order chi connectivity index (χ0) is 28.5. The smallest absolute Gasteiger partial charge is 0.446 e. The maximum absolute atomic E-state index is 13.5. The molecule has 3 aromatic rings. The van der Waals surface area contributed by atoms with Crippen molar-refractivity contribution in [3.8, 4) is 5.75 Å². The van der Waals surface area contributed by atoms with E-state index in [9.17, 15) is 27.6 Å². The maximum Gasteiger partial charge on any atom is 0.446 e. The highest BCUT2D eigenvalue weighted by Crippen LogP contribution is 2.39. The summed E-state index contributed by atoms with van der Waals surface area (Å²) < 4.78 is 43.2. The molecule has 4 rings (SSSR count). The first-order valence-corrected chi connectivity index (χ1v) is 12.5. The van der Waals surface area contributed by atoms with E-state index in [0.29, 0.717) is 17.0 Å². The maximum atomic E-state index is 13.5. The molecule has 0 aliphatic carbocycles. The predicted molar refractivity (Wildman–Crippen MR) is 141 cm³/mol. The molecule has 0 atom stereocenters. The summed E-state index contributed by atoms with van der Waals surface area (Å²) in [6.45, 7) is 3.08. The average Bonchev–Trinajstić information content (AvgIpc) is 3.07. The van der Waals surface area contributed by atoms with Crippen LogP contribution in [0, 0.1) is 0 Å². The summed E-state index contributed by atoms with van der Waals surface area (Å²) in [5, 5.41) is 0. The van der Waals surface area contributed by atoms with Gasteiger partial charge in [-0.15, -0.1) is 0 Å². The molecule has 39 heavy (non-hydrogen) atoms. The van der Waals surface area contributed by atoms with E-state index in [1.54, 1.807) is 58.3 Å². The number of ether oxygens (including phenoxy) is 1. The first kappa shape index (κ1) is 28.0. The number of pyridine rings is 1. The highest BCUT2D eigenvalue weighted by atomic mass is 32.2. The summed E-state index contributed by atoms with van der Waals surface area (Å²) in [5.74, 6) is -0.269. The number of hydrogen-bond acceptors (Lipinski definition) is 6. The van der Waals surface area contributed by atoms with Crippen LogP contribution >= 0.6 is 11.8 Å². The fraction of sp³-hybridized carbons (Fsp3) is 0.259. The number of benzene rings is 2. The van der Waals surface area contributed by atoms with Crippen molar-refractivity contribution in [2.24, 2.45) is 0 Å². The van der Waals surface area contributed by atoms with Gasteiger partial charge in [-0.25, -0.2) is 9.69 Å². The van der Waals surface area contributed by atoms with Gasteiger partial charge >= 0.3 is 11.5 Å². The van der Waals surface area contributed by atoms with Crippen molar-refractivity contribution in [2.75, 3.05) is 24.0 Å². The minimum absolute atomic E-state index is 0.0672. The number of aromatic nitrogens is 1. The number of nitrogens with zero attached hydrogens (tertiary/aromatic N) is 4. The number of urea groups is 1. The van der Waals surface area contributed by atoms with Crippen LogP contribution < -0.4 is 14.5 Å². The van der Waals surface area contributed by atoms with Gasteiger partial charge in [-0.1, -0.05) is 0 Å². The van der Waals surface area contributed by atoms with Gasteiger partial charge in [0.2, 0.25) is 0 Å². The number of methoxy groups -OCH3 is 1. The van der Waals surface area contributed by atoms with Crippen LogP contribution in [0.3, 0.4) is 0 Å². The van der Waals surface area contributed by atoms with Crippen LogP contribution in [0.5, 0.6) is 5.75 Å². The average molecular weight is 559 g/mol. The zero-order valence-corrected chi connectivity index (χ0v) is 22.3. The lowest BCUT2D eigenvalue weighted by Crippen LogP contribution is -2.44. The Labute approximate surface area is 227 Å². The third kappa shape index (κ3) is 5.70. The Bertz CT molecular complexity index is 1400. The van der Waals surface area contributed by atoms with Crippen molar-refractivity contribution in [1.29, 1.82) is 0 Å². The Balaban J connectivity index is 1.59. The van der Waals surface area contributed by atoms with E-state index in [2.05, 4.69) is 4.98 Å². The quantitative estimate of drug-likeness (QED) is 0.272. The van der Waals surface area contributed by atoms with Crippen molar-refractivity contribution >= 4 is 41.0 Å². The van der Waals surface area contributed by atoms with Crippen LogP contribution in [-0.2, 0) is 11.3 Å². The minimum Gasteiger partial charge on any atom is -0.497 e. The lowest BCUT2D eigenvalue weighted by atomic mass is 10.0. The monoisotopic (exact) mass is 558 g/mol. The van der Waals surface area contributed by atoms with Crippen molar-refractivity contribution in [1.82, 2.24) is 9.88 Å². The second-order valence-electron chi connectivity index (χ2n) is 9.21. The fourth-order valence-electron chi connectivity index (χ4n) is 4.15. The molecule has 1 saturated heterocycles. The van der Waals surface area contributed by atoms with Gasteiger partial charge in [-0.2, -0.15) is 13.2 Å². The van der Waals surface area contributed by atoms with Crippen molar-refractivity contribution in [3.05, 3.63) is 78.1 Å². The fourth-order valence-corrected chi connectivity index (χ4v) is 4.69. The Morgan fingerprint density at radius 1 is 1.05 bits per heavy atom. The van der Waals surface area contributed by atoms with Gasteiger partial charge < -0.3 is 14.5 Å². The highest BCUT2D eigenvalue weighted by Gasteiger charge is 2.52. The number of halogens is 3. The molecule has 1 fully saturated rings. The second kappa shape index (κ2) is 10.6. The van der Waals surface area contributed by atoms with Gasteiger partial charge in [0.25, 0.3) is 11.8 Å². The SMILES string of the molecule is COc1ccc(N(C)C(=O)c2cnccc2CN2C(=O)N(c3ccc(SC(F)(F)F)cc3)C(=O)C2(C)C)cc1. The topological polar surface area (TPSA) is 83.1 Å². The molecule has 12 heteroatoms. The standard InChI is InChI=1S/C27H25F3N4O4S/c1-26(2)24(36)34(19-7-11-21(12-8-19)39-27(28,29)30)25(37)33(26)16-17-13-14-31-15-22(17)23(35)32(3)18-5-9-20(38-4)10-6-18/h5-15H,16H2,1-4H3. The Kier molecular flexibility index (Phi) is 7.60. The van der Waals surface area contributed by atoms with Crippen molar-refractivity contribution in [2.45, 2.75) is 36.3 Å². The first-order chi connectivity index (χ1) is 18.3. The highest BCUT2D eigenvalue weighted by molar-refractivity contribution is 8.00. The second-order valence-corrected chi connectivity index (χ2v) is 10.3. The molecule has 1 aliphatic heterocycles. The Hall–Kier alpha value is -4.06. The summed E-state index contributed by atoms with van der Waals surface area (Å²) in [6, 6.07) is 12.9. The number of anilines is 2. The van der Waals surface area contributed by atoms with E-state index in [1.807, 2.05) is 0 Å². The Morgan fingerprint density at radius 2 is 1.69 bits per heavy atom. The minimum atomic E-state index is -4.46. The molecule has 4 amide bonds. The van der Waals surface area contributed by atoms with Crippen LogP contribution in [0.2, 0.25) is 0 Å². The van der Waals surface area contributed by atoms with Crippen molar-refractivity contribution in [3.63, 3.8) is 0 Å². The first-order valence-electron chi connectivity index (χ1n) is 11.7. The molecule has 0 bridgehead atoms. The van der Waals surface area contributed by atoms with Gasteiger partial charge in [-0.05, 0) is 85.8 Å². The molecule has 0 spiro atoms.